The molecule has 0 bridgehead atoms. The monoisotopic (exact) mass is 232 g/mol. The Kier molecular flexibility index (Phi) is 2.95. The Labute approximate surface area is 98.8 Å². The van der Waals surface area contributed by atoms with Gasteiger partial charge in [0.05, 0.1) is 5.69 Å². The van der Waals surface area contributed by atoms with Crippen LogP contribution in [0.25, 0.3) is 17.0 Å². The molecule has 3 nitrogen and oxygen atoms in total. The second-order valence-corrected chi connectivity index (χ2v) is 3.68. The lowest BCUT2D eigenvalue weighted by atomic mass is 10.1. The van der Waals surface area contributed by atoms with Gasteiger partial charge in [0.2, 0.25) is 0 Å². The summed E-state index contributed by atoms with van der Waals surface area (Å²) in [5, 5.41) is 13.5. The Morgan fingerprint density at radius 2 is 2.06 bits per heavy atom. The van der Waals surface area contributed by atoms with Gasteiger partial charge in [-0.2, -0.15) is 5.10 Å². The van der Waals surface area contributed by atoms with E-state index in [2.05, 4.69) is 11.7 Å². The highest BCUT2D eigenvalue weighted by atomic mass is 19.1. The number of aromatic nitrogens is 2. The van der Waals surface area contributed by atoms with E-state index in [1.54, 1.807) is 22.9 Å². The van der Waals surface area contributed by atoms with Gasteiger partial charge in [-0.05, 0) is 37.3 Å². The van der Waals surface area contributed by atoms with Crippen LogP contribution in [-0.4, -0.2) is 14.9 Å². The molecule has 0 saturated heterocycles. The lowest BCUT2D eigenvalue weighted by Gasteiger charge is -2.03. The third-order valence-corrected chi connectivity index (χ3v) is 2.52. The minimum atomic E-state index is -0.275. The molecule has 0 unspecified atom stereocenters. The largest absolute Gasteiger partial charge is 0.506 e. The number of aliphatic hydroxyl groups is 1. The Hall–Kier alpha value is -2.10. The van der Waals surface area contributed by atoms with Crippen LogP contribution in [0.1, 0.15) is 12.6 Å². The summed E-state index contributed by atoms with van der Waals surface area (Å²) in [6.07, 6.45) is 0. The highest BCUT2D eigenvalue weighted by Gasteiger charge is 2.10. The fraction of sp³-hybridized carbons (Fsp3) is 0.154. The molecule has 0 amide bonds. The summed E-state index contributed by atoms with van der Waals surface area (Å²) in [5.74, 6) is -0.344. The van der Waals surface area contributed by atoms with E-state index in [1.807, 2.05) is 6.92 Å². The molecule has 0 saturated carbocycles. The SMILES string of the molecule is C=C(O)c1cc(-c2ccc(F)cc2)n(CC)n1. The van der Waals surface area contributed by atoms with Gasteiger partial charge in [-0.25, -0.2) is 4.39 Å². The minimum absolute atomic E-state index is 0.0689. The number of aryl methyl sites for hydroxylation is 1. The van der Waals surface area contributed by atoms with Gasteiger partial charge in [0.25, 0.3) is 0 Å². The molecule has 0 fully saturated rings. The maximum Gasteiger partial charge on any atom is 0.135 e. The molecule has 4 heteroatoms. The first-order valence-electron chi connectivity index (χ1n) is 5.34. The van der Waals surface area contributed by atoms with Crippen LogP contribution < -0.4 is 0 Å². The quantitative estimate of drug-likeness (QED) is 0.825. The molecule has 1 aromatic heterocycles. The summed E-state index contributed by atoms with van der Waals surface area (Å²) in [6, 6.07) is 7.90. The highest BCUT2D eigenvalue weighted by molar-refractivity contribution is 5.64. The summed E-state index contributed by atoms with van der Waals surface area (Å²) in [4.78, 5) is 0. The third-order valence-electron chi connectivity index (χ3n) is 2.52. The number of benzene rings is 1. The zero-order valence-corrected chi connectivity index (χ0v) is 9.52. The van der Waals surface area contributed by atoms with Crippen molar-refractivity contribution >= 4 is 5.76 Å². The lowest BCUT2D eigenvalue weighted by molar-refractivity contribution is 0.507. The first kappa shape index (κ1) is 11.4. The van der Waals surface area contributed by atoms with Crippen molar-refractivity contribution in [1.29, 1.82) is 0 Å². The van der Waals surface area contributed by atoms with E-state index in [-0.39, 0.29) is 11.6 Å². The number of halogens is 1. The Bertz CT molecular complexity index is 543. The van der Waals surface area contributed by atoms with Crippen molar-refractivity contribution in [2.24, 2.45) is 0 Å². The first-order valence-corrected chi connectivity index (χ1v) is 5.34. The van der Waals surface area contributed by atoms with E-state index >= 15 is 0 Å². The van der Waals surface area contributed by atoms with Gasteiger partial charge in [0.1, 0.15) is 17.3 Å². The van der Waals surface area contributed by atoms with Crippen LogP contribution in [0, 0.1) is 5.82 Å². The summed E-state index contributed by atoms with van der Waals surface area (Å²) >= 11 is 0. The molecule has 1 aromatic carbocycles. The zero-order valence-electron chi connectivity index (χ0n) is 9.52. The summed E-state index contributed by atoms with van der Waals surface area (Å²) in [6.45, 7) is 6.06. The second kappa shape index (κ2) is 4.41. The van der Waals surface area contributed by atoms with Gasteiger partial charge in [0.15, 0.2) is 0 Å². The van der Waals surface area contributed by atoms with Gasteiger partial charge >= 0.3 is 0 Å². The van der Waals surface area contributed by atoms with Crippen LogP contribution in [0.2, 0.25) is 0 Å². The molecular formula is C13H13FN2O. The molecular weight excluding hydrogens is 219 g/mol. The van der Waals surface area contributed by atoms with Crippen molar-refractivity contribution in [3.05, 3.63) is 48.4 Å². The van der Waals surface area contributed by atoms with Crippen molar-refractivity contribution in [2.75, 3.05) is 0 Å². The molecule has 0 spiro atoms. The van der Waals surface area contributed by atoms with Crippen LogP contribution in [0.4, 0.5) is 4.39 Å². The standard InChI is InChI=1S/C13H13FN2O/c1-3-16-13(8-12(15-16)9(2)17)10-4-6-11(14)7-5-10/h4-8,17H,2-3H2,1H3. The van der Waals surface area contributed by atoms with E-state index in [0.717, 1.165) is 11.3 Å². The summed E-state index contributed by atoms with van der Waals surface area (Å²) < 4.78 is 14.6. The molecule has 0 radical (unpaired) electrons. The molecule has 1 N–H and O–H groups in total. The number of aliphatic hydroxyl groups excluding tert-OH is 1. The predicted molar refractivity (Wildman–Crippen MR) is 65.0 cm³/mol. The van der Waals surface area contributed by atoms with Gasteiger partial charge in [-0.15, -0.1) is 0 Å². The Morgan fingerprint density at radius 1 is 1.41 bits per heavy atom. The van der Waals surface area contributed by atoms with Gasteiger partial charge in [-0.1, -0.05) is 6.58 Å². The van der Waals surface area contributed by atoms with Crippen molar-refractivity contribution in [3.8, 4) is 11.3 Å². The minimum Gasteiger partial charge on any atom is -0.506 e. The summed E-state index contributed by atoms with van der Waals surface area (Å²) in [5.41, 5.74) is 2.12. The van der Waals surface area contributed by atoms with Gasteiger partial charge < -0.3 is 5.11 Å². The zero-order chi connectivity index (χ0) is 12.4. The molecule has 0 aliphatic heterocycles. The number of hydrogen-bond acceptors (Lipinski definition) is 2. The lowest BCUT2D eigenvalue weighted by Crippen LogP contribution is -1.99. The average Bonchev–Trinajstić information content (AvgIpc) is 2.74. The van der Waals surface area contributed by atoms with E-state index in [4.69, 9.17) is 0 Å². The van der Waals surface area contributed by atoms with Crippen LogP contribution in [-0.2, 0) is 6.54 Å². The fourth-order valence-electron chi connectivity index (χ4n) is 1.65. The van der Waals surface area contributed by atoms with Crippen LogP contribution in [0.5, 0.6) is 0 Å². The maximum absolute atomic E-state index is 12.8. The normalized spacial score (nSPS) is 10.5. The van der Waals surface area contributed by atoms with Crippen LogP contribution in [0.15, 0.2) is 36.9 Å². The Morgan fingerprint density at radius 3 is 2.59 bits per heavy atom. The number of rotatable bonds is 3. The fourth-order valence-corrected chi connectivity index (χ4v) is 1.65. The highest BCUT2D eigenvalue weighted by Crippen LogP contribution is 2.22. The van der Waals surface area contributed by atoms with Gasteiger partial charge in [-0.3, -0.25) is 4.68 Å². The van der Waals surface area contributed by atoms with Crippen LogP contribution >= 0.6 is 0 Å². The van der Waals surface area contributed by atoms with E-state index in [0.29, 0.717) is 12.2 Å². The molecule has 0 atom stereocenters. The van der Waals surface area contributed by atoms with Crippen molar-refractivity contribution < 1.29 is 9.50 Å². The topological polar surface area (TPSA) is 38.0 Å². The van der Waals surface area contributed by atoms with Gasteiger partial charge in [0, 0.05) is 12.1 Å². The Balaban J connectivity index is 2.50. The average molecular weight is 232 g/mol. The summed E-state index contributed by atoms with van der Waals surface area (Å²) in [7, 11) is 0. The maximum atomic E-state index is 12.8. The van der Waals surface area contributed by atoms with E-state index < -0.39 is 0 Å². The second-order valence-electron chi connectivity index (χ2n) is 3.68. The molecule has 17 heavy (non-hydrogen) atoms. The van der Waals surface area contributed by atoms with Crippen LogP contribution in [0.3, 0.4) is 0 Å². The smallest absolute Gasteiger partial charge is 0.135 e. The van der Waals surface area contributed by atoms with Crippen molar-refractivity contribution in [1.82, 2.24) is 9.78 Å². The molecule has 88 valence electrons. The molecule has 2 aromatic rings. The van der Waals surface area contributed by atoms with E-state index in [9.17, 15) is 9.50 Å². The molecule has 1 heterocycles. The third kappa shape index (κ3) is 2.20. The molecule has 0 aliphatic carbocycles. The molecule has 0 aliphatic rings. The first-order chi connectivity index (χ1) is 8.11. The van der Waals surface area contributed by atoms with E-state index in [1.165, 1.54) is 12.1 Å². The van der Waals surface area contributed by atoms with Crippen molar-refractivity contribution in [2.45, 2.75) is 13.5 Å². The number of nitrogens with zero attached hydrogens (tertiary/aromatic N) is 2. The predicted octanol–water partition coefficient (Wildman–Crippen LogP) is 3.24. The number of hydrogen-bond donors (Lipinski definition) is 1. The molecule has 2 rings (SSSR count). The van der Waals surface area contributed by atoms with Crippen molar-refractivity contribution in [3.63, 3.8) is 0 Å².